The van der Waals surface area contributed by atoms with Gasteiger partial charge in [0.05, 0.1) is 25.4 Å². The van der Waals surface area contributed by atoms with E-state index in [4.69, 9.17) is 14.2 Å². The van der Waals surface area contributed by atoms with Gasteiger partial charge in [-0.3, -0.25) is 14.5 Å². The van der Waals surface area contributed by atoms with E-state index in [1.165, 1.54) is 13.8 Å². The number of carbonyl (C=O) groups is 2. The van der Waals surface area contributed by atoms with Crippen LogP contribution in [0.2, 0.25) is 0 Å². The predicted molar refractivity (Wildman–Crippen MR) is 136 cm³/mol. The molecule has 2 fully saturated rings. The Kier molecular flexibility index (Phi) is 9.28. The smallest absolute Gasteiger partial charge is 0.303 e. The zero-order valence-electron chi connectivity index (χ0n) is 21.3. The molecular weight excluding hydrogens is 476 g/mol. The normalized spacial score (nSPS) is 25.0. The molecule has 5 atom stereocenters. The predicted octanol–water partition coefficient (Wildman–Crippen LogP) is 3.07. The van der Waals surface area contributed by atoms with Crippen LogP contribution in [0.3, 0.4) is 0 Å². The molecule has 0 spiro atoms. The zero-order chi connectivity index (χ0) is 26.4. The van der Waals surface area contributed by atoms with Crippen LogP contribution in [0.1, 0.15) is 62.2 Å². The monoisotopic (exact) mass is 512 g/mol. The van der Waals surface area contributed by atoms with Gasteiger partial charge in [0.25, 0.3) is 5.91 Å². The van der Waals surface area contributed by atoms with E-state index in [2.05, 4.69) is 10.2 Å². The lowest BCUT2D eigenvalue weighted by molar-refractivity contribution is -0.253. The van der Waals surface area contributed by atoms with Crippen LogP contribution >= 0.6 is 0 Å². The Morgan fingerprint density at radius 1 is 1.14 bits per heavy atom. The summed E-state index contributed by atoms with van der Waals surface area (Å²) in [5.41, 5.74) is 3.12. The third-order valence-corrected chi connectivity index (χ3v) is 6.90. The fourth-order valence-electron chi connectivity index (χ4n) is 4.95. The molecule has 0 aliphatic carbocycles. The van der Waals surface area contributed by atoms with Crippen molar-refractivity contribution < 1.29 is 34.0 Å². The van der Waals surface area contributed by atoms with E-state index in [-0.39, 0.29) is 31.5 Å². The van der Waals surface area contributed by atoms with Crippen LogP contribution in [0.4, 0.5) is 5.69 Å². The quantitative estimate of drug-likeness (QED) is 0.439. The van der Waals surface area contributed by atoms with Gasteiger partial charge in [-0.25, -0.2) is 0 Å². The lowest BCUT2D eigenvalue weighted by Gasteiger charge is -2.38. The average Bonchev–Trinajstić information content (AvgIpc) is 3.35. The van der Waals surface area contributed by atoms with Crippen LogP contribution in [-0.4, -0.2) is 64.9 Å². The standard InChI is InChI=1S/C28H36N2O7/c1-18(35-19(2)33)27(34)29-23-6-3-5-22(13-23)28-36-25(15-30-12-4-7-24(30)17-32)14-26(37-28)21-10-8-20(16-31)9-11-21/h3,5-6,8-11,13,18,24-26,28,31-32H,4,7,12,14-17H2,1-2H3,(H,29,34). The van der Waals surface area contributed by atoms with Gasteiger partial charge < -0.3 is 29.7 Å². The lowest BCUT2D eigenvalue weighted by atomic mass is 9.99. The molecule has 37 heavy (non-hydrogen) atoms. The summed E-state index contributed by atoms with van der Waals surface area (Å²) in [5, 5.41) is 22.0. The number of amides is 1. The molecule has 2 aromatic rings. The molecule has 0 saturated carbocycles. The summed E-state index contributed by atoms with van der Waals surface area (Å²) in [6.07, 6.45) is 0.739. The van der Waals surface area contributed by atoms with Crippen LogP contribution in [0.25, 0.3) is 0 Å². The second-order valence-corrected chi connectivity index (χ2v) is 9.69. The maximum Gasteiger partial charge on any atom is 0.303 e. The van der Waals surface area contributed by atoms with Crippen molar-refractivity contribution in [1.82, 2.24) is 4.90 Å². The highest BCUT2D eigenvalue weighted by Crippen LogP contribution is 2.39. The molecule has 0 radical (unpaired) electrons. The Hall–Kier alpha value is -2.82. The zero-order valence-corrected chi connectivity index (χ0v) is 21.3. The first-order valence-electron chi connectivity index (χ1n) is 12.8. The van der Waals surface area contributed by atoms with E-state index in [9.17, 15) is 19.8 Å². The van der Waals surface area contributed by atoms with E-state index in [0.29, 0.717) is 18.7 Å². The Bertz CT molecular complexity index is 1060. The maximum absolute atomic E-state index is 12.4. The number of benzene rings is 2. The number of likely N-dealkylation sites (tertiary alicyclic amines) is 1. The van der Waals surface area contributed by atoms with Gasteiger partial charge in [0.2, 0.25) is 0 Å². The topological polar surface area (TPSA) is 118 Å². The van der Waals surface area contributed by atoms with Gasteiger partial charge in [0.1, 0.15) is 0 Å². The number of rotatable bonds is 9. The molecule has 4 rings (SSSR count). The lowest BCUT2D eigenvalue weighted by Crippen LogP contribution is -2.42. The minimum atomic E-state index is -0.918. The fraction of sp³-hybridized carbons (Fsp3) is 0.500. The molecule has 2 aliphatic rings. The molecule has 2 aliphatic heterocycles. The van der Waals surface area contributed by atoms with Crippen molar-refractivity contribution in [3.8, 4) is 0 Å². The van der Waals surface area contributed by atoms with Crippen LogP contribution in [0, 0.1) is 0 Å². The van der Waals surface area contributed by atoms with Crippen LogP contribution in [0.15, 0.2) is 48.5 Å². The van der Waals surface area contributed by atoms with E-state index in [1.807, 2.05) is 36.4 Å². The average molecular weight is 513 g/mol. The molecule has 0 aromatic heterocycles. The summed E-state index contributed by atoms with van der Waals surface area (Å²) in [4.78, 5) is 25.9. The second-order valence-electron chi connectivity index (χ2n) is 9.69. The van der Waals surface area contributed by atoms with Crippen LogP contribution in [-0.2, 0) is 30.4 Å². The van der Waals surface area contributed by atoms with Gasteiger partial charge in [-0.05, 0) is 49.6 Å². The van der Waals surface area contributed by atoms with Crippen molar-refractivity contribution in [2.75, 3.05) is 25.0 Å². The van der Waals surface area contributed by atoms with E-state index >= 15 is 0 Å². The van der Waals surface area contributed by atoms with Crippen molar-refractivity contribution in [3.05, 3.63) is 65.2 Å². The summed E-state index contributed by atoms with van der Waals surface area (Å²) in [6.45, 7) is 4.50. The number of aliphatic hydroxyl groups is 2. The van der Waals surface area contributed by atoms with Crippen molar-refractivity contribution in [3.63, 3.8) is 0 Å². The van der Waals surface area contributed by atoms with E-state index < -0.39 is 24.3 Å². The minimum absolute atomic E-state index is 0.0216. The van der Waals surface area contributed by atoms with Gasteiger partial charge in [0, 0.05) is 37.2 Å². The maximum atomic E-state index is 12.4. The Balaban J connectivity index is 1.53. The van der Waals surface area contributed by atoms with Crippen LogP contribution in [0.5, 0.6) is 0 Å². The number of esters is 1. The molecule has 3 N–H and O–H groups in total. The minimum Gasteiger partial charge on any atom is -0.453 e. The number of anilines is 1. The summed E-state index contributed by atoms with van der Waals surface area (Å²) < 4.78 is 17.8. The first kappa shape index (κ1) is 27.2. The molecule has 0 bridgehead atoms. The third-order valence-electron chi connectivity index (χ3n) is 6.90. The van der Waals surface area contributed by atoms with Crippen molar-refractivity contribution in [2.45, 2.75) is 70.4 Å². The molecular formula is C28H36N2O7. The molecule has 1 amide bonds. The molecule has 9 heteroatoms. The number of hydrogen-bond donors (Lipinski definition) is 3. The molecule has 9 nitrogen and oxygen atoms in total. The Labute approximate surface area is 217 Å². The highest BCUT2D eigenvalue weighted by molar-refractivity contribution is 5.95. The highest BCUT2D eigenvalue weighted by atomic mass is 16.7. The van der Waals surface area contributed by atoms with Crippen LogP contribution < -0.4 is 5.32 Å². The number of ether oxygens (including phenoxy) is 3. The fourth-order valence-corrected chi connectivity index (χ4v) is 4.95. The SMILES string of the molecule is CC(=O)OC(C)C(=O)Nc1cccc(C2OC(CN3CCCC3CO)CC(c3ccc(CO)cc3)O2)c1. The van der Waals surface area contributed by atoms with Gasteiger partial charge >= 0.3 is 5.97 Å². The summed E-state index contributed by atoms with van der Waals surface area (Å²) in [6, 6.07) is 15.1. The molecule has 2 saturated heterocycles. The van der Waals surface area contributed by atoms with Crippen molar-refractivity contribution in [2.24, 2.45) is 0 Å². The number of aliphatic hydroxyl groups excluding tert-OH is 2. The van der Waals surface area contributed by atoms with E-state index in [1.54, 1.807) is 12.1 Å². The van der Waals surface area contributed by atoms with Gasteiger partial charge in [-0.2, -0.15) is 0 Å². The van der Waals surface area contributed by atoms with Gasteiger partial charge in [0.15, 0.2) is 12.4 Å². The largest absolute Gasteiger partial charge is 0.453 e. The molecule has 200 valence electrons. The number of carbonyl (C=O) groups excluding carboxylic acids is 2. The number of hydrogen-bond acceptors (Lipinski definition) is 8. The summed E-state index contributed by atoms with van der Waals surface area (Å²) >= 11 is 0. The van der Waals surface area contributed by atoms with Gasteiger partial charge in [-0.15, -0.1) is 0 Å². The third kappa shape index (κ3) is 7.15. The molecule has 2 aromatic carbocycles. The van der Waals surface area contributed by atoms with Crippen molar-refractivity contribution in [1.29, 1.82) is 0 Å². The Morgan fingerprint density at radius 3 is 2.62 bits per heavy atom. The molecule has 5 unspecified atom stereocenters. The first-order valence-corrected chi connectivity index (χ1v) is 12.8. The second kappa shape index (κ2) is 12.6. The molecule has 2 heterocycles. The number of nitrogens with zero attached hydrogens (tertiary/aromatic N) is 1. The Morgan fingerprint density at radius 2 is 1.92 bits per heavy atom. The first-order chi connectivity index (χ1) is 17.9. The van der Waals surface area contributed by atoms with Gasteiger partial charge in [-0.1, -0.05) is 36.4 Å². The summed E-state index contributed by atoms with van der Waals surface area (Å²) in [5.74, 6) is -0.951. The van der Waals surface area contributed by atoms with Crippen molar-refractivity contribution >= 4 is 17.6 Å². The highest BCUT2D eigenvalue weighted by Gasteiger charge is 2.35. The van der Waals surface area contributed by atoms with E-state index in [0.717, 1.165) is 36.1 Å². The number of nitrogens with one attached hydrogen (secondary N) is 1. The summed E-state index contributed by atoms with van der Waals surface area (Å²) in [7, 11) is 0.